The first-order chi connectivity index (χ1) is 15.5. The number of methoxy groups -OCH3 is 2. The first-order valence-corrected chi connectivity index (χ1v) is 10.4. The van der Waals surface area contributed by atoms with Gasteiger partial charge in [0.1, 0.15) is 11.5 Å². The summed E-state index contributed by atoms with van der Waals surface area (Å²) in [5.41, 5.74) is 1.11. The number of ether oxygens (including phenoxy) is 2. The van der Waals surface area contributed by atoms with Crippen LogP contribution in [0.25, 0.3) is 0 Å². The zero-order valence-electron chi connectivity index (χ0n) is 18.2. The zero-order chi connectivity index (χ0) is 22.9. The van der Waals surface area contributed by atoms with Gasteiger partial charge in [-0.2, -0.15) is 0 Å². The minimum atomic E-state index is -0.730. The van der Waals surface area contributed by atoms with Gasteiger partial charge in [0.25, 0.3) is 0 Å². The molecule has 0 unspecified atom stereocenters. The fourth-order valence-electron chi connectivity index (χ4n) is 3.49. The van der Waals surface area contributed by atoms with Crippen LogP contribution in [0.4, 0.5) is 16.2 Å². The Morgan fingerprint density at radius 1 is 0.938 bits per heavy atom. The summed E-state index contributed by atoms with van der Waals surface area (Å²) in [7, 11) is 3.09. The van der Waals surface area contributed by atoms with E-state index in [0.29, 0.717) is 42.5 Å². The number of urea groups is 1. The van der Waals surface area contributed by atoms with Crippen LogP contribution >= 0.6 is 0 Å². The summed E-state index contributed by atoms with van der Waals surface area (Å²) in [6, 6.07) is 13.8. The Balaban J connectivity index is 1.41. The van der Waals surface area contributed by atoms with Crippen molar-refractivity contribution in [3.63, 3.8) is 0 Å². The average molecular weight is 441 g/mol. The smallest absolute Gasteiger partial charge is 0.321 e. The number of anilines is 2. The van der Waals surface area contributed by atoms with Gasteiger partial charge in [-0.15, -0.1) is 0 Å². The van der Waals surface area contributed by atoms with Gasteiger partial charge in [-0.3, -0.25) is 9.59 Å². The number of hydrogen-bond acceptors (Lipinski definition) is 5. The van der Waals surface area contributed by atoms with Gasteiger partial charge in [-0.1, -0.05) is 18.2 Å². The van der Waals surface area contributed by atoms with E-state index in [4.69, 9.17) is 9.47 Å². The molecule has 0 atom stereocenters. The summed E-state index contributed by atoms with van der Waals surface area (Å²) in [4.78, 5) is 38.5. The maximum Gasteiger partial charge on any atom is 0.321 e. The summed E-state index contributed by atoms with van der Waals surface area (Å²) < 4.78 is 10.4. The van der Waals surface area contributed by atoms with Crippen molar-refractivity contribution in [1.82, 2.24) is 10.2 Å². The Bertz CT molecular complexity index is 957. The molecular formula is C23H28N4O5. The molecule has 0 bridgehead atoms. The number of likely N-dealkylation sites (tertiary alicyclic amines) is 1. The predicted octanol–water partition coefficient (Wildman–Crippen LogP) is 2.70. The van der Waals surface area contributed by atoms with E-state index in [0.717, 1.165) is 12.8 Å². The summed E-state index contributed by atoms with van der Waals surface area (Å²) in [5, 5.41) is 8.11. The first kappa shape index (κ1) is 22.9. The molecule has 0 spiro atoms. The van der Waals surface area contributed by atoms with E-state index in [1.54, 1.807) is 48.4 Å². The largest absolute Gasteiger partial charge is 0.497 e. The Morgan fingerprint density at radius 3 is 2.41 bits per heavy atom. The molecule has 2 aromatic rings. The fraction of sp³-hybridized carbons (Fsp3) is 0.348. The van der Waals surface area contributed by atoms with Gasteiger partial charge in [0.15, 0.2) is 0 Å². The van der Waals surface area contributed by atoms with Crippen molar-refractivity contribution in [2.75, 3.05) is 44.5 Å². The Hall–Kier alpha value is -3.75. The lowest BCUT2D eigenvalue weighted by molar-refractivity contribution is -0.136. The molecule has 0 aromatic heterocycles. The van der Waals surface area contributed by atoms with E-state index < -0.39 is 11.8 Å². The highest BCUT2D eigenvalue weighted by molar-refractivity contribution is 6.39. The van der Waals surface area contributed by atoms with E-state index >= 15 is 0 Å². The molecule has 1 heterocycles. The number of carbonyl (C=O) groups is 3. The van der Waals surface area contributed by atoms with E-state index in [1.165, 1.54) is 7.11 Å². The molecule has 1 saturated heterocycles. The van der Waals surface area contributed by atoms with Crippen LogP contribution in [0, 0.1) is 5.92 Å². The third-order valence-electron chi connectivity index (χ3n) is 5.34. The second kappa shape index (κ2) is 11.0. The Labute approximate surface area is 187 Å². The highest BCUT2D eigenvalue weighted by Crippen LogP contribution is 2.24. The Morgan fingerprint density at radius 2 is 1.69 bits per heavy atom. The first-order valence-electron chi connectivity index (χ1n) is 10.4. The van der Waals surface area contributed by atoms with Crippen LogP contribution in [0.2, 0.25) is 0 Å². The van der Waals surface area contributed by atoms with E-state index in [1.807, 2.05) is 12.1 Å². The van der Waals surface area contributed by atoms with Gasteiger partial charge in [0.2, 0.25) is 0 Å². The van der Waals surface area contributed by atoms with Gasteiger partial charge < -0.3 is 30.3 Å². The number of nitrogens with zero attached hydrogens (tertiary/aromatic N) is 1. The number of nitrogens with one attached hydrogen (secondary N) is 3. The summed E-state index contributed by atoms with van der Waals surface area (Å²) >= 11 is 0. The van der Waals surface area contributed by atoms with E-state index in [2.05, 4.69) is 16.0 Å². The minimum Gasteiger partial charge on any atom is -0.497 e. The van der Waals surface area contributed by atoms with Crippen LogP contribution in [0.3, 0.4) is 0 Å². The van der Waals surface area contributed by atoms with Gasteiger partial charge in [0.05, 0.1) is 19.9 Å². The quantitative estimate of drug-likeness (QED) is 0.599. The SMILES string of the molecule is COc1cccc(NC(=O)C(=O)NCC2CCN(C(=O)Nc3ccccc3OC)CC2)c1. The van der Waals surface area contributed by atoms with E-state index in [9.17, 15) is 14.4 Å². The number of benzene rings is 2. The van der Waals surface area contributed by atoms with Crippen molar-refractivity contribution < 1.29 is 23.9 Å². The number of amides is 4. The normalized spacial score (nSPS) is 13.8. The van der Waals surface area contributed by atoms with Crippen LogP contribution in [0.5, 0.6) is 11.5 Å². The lowest BCUT2D eigenvalue weighted by Gasteiger charge is -2.32. The predicted molar refractivity (Wildman–Crippen MR) is 121 cm³/mol. The van der Waals surface area contributed by atoms with Crippen LogP contribution < -0.4 is 25.4 Å². The number of piperidine rings is 1. The molecule has 1 aliphatic heterocycles. The van der Waals surface area contributed by atoms with Crippen molar-refractivity contribution in [3.8, 4) is 11.5 Å². The summed E-state index contributed by atoms with van der Waals surface area (Å²) in [6.07, 6.45) is 1.47. The maximum absolute atomic E-state index is 12.5. The van der Waals surface area contributed by atoms with Crippen molar-refractivity contribution in [1.29, 1.82) is 0 Å². The molecule has 2 aromatic carbocycles. The molecule has 0 aliphatic carbocycles. The molecule has 1 fully saturated rings. The molecule has 32 heavy (non-hydrogen) atoms. The van der Waals surface area contributed by atoms with Gasteiger partial charge in [-0.05, 0) is 43.0 Å². The van der Waals surface area contributed by atoms with Crippen molar-refractivity contribution in [2.45, 2.75) is 12.8 Å². The topological polar surface area (TPSA) is 109 Å². The Kier molecular flexibility index (Phi) is 7.91. The fourth-order valence-corrected chi connectivity index (χ4v) is 3.49. The maximum atomic E-state index is 12.5. The van der Waals surface area contributed by atoms with Crippen molar-refractivity contribution in [2.24, 2.45) is 5.92 Å². The second-order valence-electron chi connectivity index (χ2n) is 7.46. The average Bonchev–Trinajstić information content (AvgIpc) is 2.83. The molecule has 3 rings (SSSR count). The van der Waals surface area contributed by atoms with Crippen LogP contribution in [0.1, 0.15) is 12.8 Å². The third-order valence-corrected chi connectivity index (χ3v) is 5.34. The second-order valence-corrected chi connectivity index (χ2v) is 7.46. The van der Waals surface area contributed by atoms with Crippen LogP contribution in [-0.4, -0.2) is 56.6 Å². The van der Waals surface area contributed by atoms with E-state index in [-0.39, 0.29) is 11.9 Å². The standard InChI is InChI=1S/C23H28N4O5/c1-31-18-7-5-6-17(14-18)25-22(29)21(28)24-15-16-10-12-27(13-11-16)23(30)26-19-8-3-4-9-20(19)32-2/h3-9,14,16H,10-13,15H2,1-2H3,(H,24,28)(H,25,29)(H,26,30). The molecule has 170 valence electrons. The highest BCUT2D eigenvalue weighted by atomic mass is 16.5. The van der Waals surface area contributed by atoms with Crippen LogP contribution in [0.15, 0.2) is 48.5 Å². The summed E-state index contributed by atoms with van der Waals surface area (Å²) in [5.74, 6) is -0.0368. The molecule has 3 N–H and O–H groups in total. The van der Waals surface area contributed by atoms with Crippen LogP contribution in [-0.2, 0) is 9.59 Å². The van der Waals surface area contributed by atoms with Crippen molar-refractivity contribution in [3.05, 3.63) is 48.5 Å². The van der Waals surface area contributed by atoms with Crippen molar-refractivity contribution >= 4 is 29.2 Å². The third kappa shape index (κ3) is 6.13. The molecule has 0 radical (unpaired) electrons. The minimum absolute atomic E-state index is 0.186. The monoisotopic (exact) mass is 440 g/mol. The number of carbonyl (C=O) groups excluding carboxylic acids is 3. The molecule has 9 nitrogen and oxygen atoms in total. The number of rotatable bonds is 6. The molecule has 4 amide bonds. The molecular weight excluding hydrogens is 412 g/mol. The lowest BCUT2D eigenvalue weighted by Crippen LogP contribution is -2.44. The summed E-state index contributed by atoms with van der Waals surface area (Å²) in [6.45, 7) is 1.52. The zero-order valence-corrected chi connectivity index (χ0v) is 18.2. The molecule has 0 saturated carbocycles. The van der Waals surface area contributed by atoms with Gasteiger partial charge in [0, 0.05) is 31.4 Å². The molecule has 1 aliphatic rings. The van der Waals surface area contributed by atoms with Gasteiger partial charge in [-0.25, -0.2) is 4.79 Å². The lowest BCUT2D eigenvalue weighted by atomic mass is 9.97. The van der Waals surface area contributed by atoms with Gasteiger partial charge >= 0.3 is 17.8 Å². The molecule has 9 heteroatoms. The number of para-hydroxylation sites is 2. The highest BCUT2D eigenvalue weighted by Gasteiger charge is 2.24. The number of hydrogen-bond donors (Lipinski definition) is 3.